The molecule has 1 aromatic rings. The molecule has 0 heterocycles. The Morgan fingerprint density at radius 3 is 2.69 bits per heavy atom. The fourth-order valence-electron chi connectivity index (χ4n) is 1.54. The molecule has 0 aliphatic heterocycles. The summed E-state index contributed by atoms with van der Waals surface area (Å²) in [6.45, 7) is 4.27. The first-order valence-electron chi connectivity index (χ1n) is 5.34. The molecule has 1 atom stereocenters. The predicted octanol–water partition coefficient (Wildman–Crippen LogP) is 2.86. The zero-order chi connectivity index (χ0) is 12.3. The standard InChI is InChI=1S/C12H18ClN3/c1-4-8(2)16(3)11-6-5-9(13)7-10(11)12(14)15/h5-8H,4H2,1-3H3,(H3,14,15). The van der Waals surface area contributed by atoms with Crippen molar-refractivity contribution in [3.05, 3.63) is 28.8 Å². The first-order valence-corrected chi connectivity index (χ1v) is 5.72. The minimum atomic E-state index is 0.0488. The number of nitrogens with zero attached hydrogens (tertiary/aromatic N) is 1. The van der Waals surface area contributed by atoms with Gasteiger partial charge in [-0.2, -0.15) is 0 Å². The molecule has 1 aromatic carbocycles. The van der Waals surface area contributed by atoms with Crippen molar-refractivity contribution < 1.29 is 0 Å². The molecule has 4 heteroatoms. The number of rotatable bonds is 4. The highest BCUT2D eigenvalue weighted by atomic mass is 35.5. The van der Waals surface area contributed by atoms with Crippen molar-refractivity contribution in [2.75, 3.05) is 11.9 Å². The molecule has 1 rings (SSSR count). The number of benzene rings is 1. The Hall–Kier alpha value is -1.22. The average molecular weight is 240 g/mol. The summed E-state index contributed by atoms with van der Waals surface area (Å²) in [7, 11) is 2.00. The van der Waals surface area contributed by atoms with Crippen LogP contribution in [0.1, 0.15) is 25.8 Å². The lowest BCUT2D eigenvalue weighted by Crippen LogP contribution is -2.30. The third kappa shape index (κ3) is 2.67. The molecule has 88 valence electrons. The van der Waals surface area contributed by atoms with Gasteiger partial charge in [-0.1, -0.05) is 18.5 Å². The maximum absolute atomic E-state index is 7.56. The van der Waals surface area contributed by atoms with Gasteiger partial charge in [0.1, 0.15) is 5.84 Å². The van der Waals surface area contributed by atoms with Gasteiger partial charge in [0.05, 0.1) is 0 Å². The molecule has 16 heavy (non-hydrogen) atoms. The number of hydrogen-bond donors (Lipinski definition) is 2. The monoisotopic (exact) mass is 239 g/mol. The van der Waals surface area contributed by atoms with Crippen LogP contribution in [0.5, 0.6) is 0 Å². The Balaban J connectivity index is 3.17. The van der Waals surface area contributed by atoms with Gasteiger partial charge >= 0.3 is 0 Å². The quantitative estimate of drug-likeness (QED) is 0.627. The lowest BCUT2D eigenvalue weighted by molar-refractivity contribution is 0.663. The summed E-state index contributed by atoms with van der Waals surface area (Å²) in [5.41, 5.74) is 7.20. The fourth-order valence-corrected chi connectivity index (χ4v) is 1.71. The Labute approximate surface area is 102 Å². The minimum Gasteiger partial charge on any atom is -0.384 e. The van der Waals surface area contributed by atoms with Gasteiger partial charge in [-0.3, -0.25) is 5.41 Å². The van der Waals surface area contributed by atoms with Crippen LogP contribution in [0.4, 0.5) is 5.69 Å². The maximum atomic E-state index is 7.56. The molecule has 1 unspecified atom stereocenters. The topological polar surface area (TPSA) is 53.1 Å². The number of nitrogens with two attached hydrogens (primary N) is 1. The van der Waals surface area contributed by atoms with Crippen LogP contribution >= 0.6 is 11.6 Å². The number of nitrogen functional groups attached to an aromatic ring is 1. The first kappa shape index (κ1) is 12.8. The van der Waals surface area contributed by atoms with E-state index in [0.717, 1.165) is 12.1 Å². The van der Waals surface area contributed by atoms with Crippen molar-refractivity contribution in [3.8, 4) is 0 Å². The Bertz CT molecular complexity index is 390. The lowest BCUT2D eigenvalue weighted by atomic mass is 10.1. The van der Waals surface area contributed by atoms with Crippen molar-refractivity contribution >= 4 is 23.1 Å². The van der Waals surface area contributed by atoms with Crippen molar-refractivity contribution in [1.82, 2.24) is 0 Å². The predicted molar refractivity (Wildman–Crippen MR) is 70.6 cm³/mol. The van der Waals surface area contributed by atoms with Gasteiger partial charge in [0, 0.05) is 29.4 Å². The molecule has 0 aromatic heterocycles. The van der Waals surface area contributed by atoms with E-state index in [1.54, 1.807) is 6.07 Å². The molecule has 0 saturated carbocycles. The summed E-state index contributed by atoms with van der Waals surface area (Å²) in [5.74, 6) is 0.0488. The number of nitrogens with one attached hydrogen (secondary N) is 1. The summed E-state index contributed by atoms with van der Waals surface area (Å²) >= 11 is 5.91. The van der Waals surface area contributed by atoms with Crippen molar-refractivity contribution in [2.24, 2.45) is 5.73 Å². The third-order valence-corrected chi connectivity index (χ3v) is 3.12. The van der Waals surface area contributed by atoms with Gasteiger partial charge in [-0.05, 0) is 31.5 Å². The molecule has 0 bridgehead atoms. The van der Waals surface area contributed by atoms with Crippen molar-refractivity contribution in [1.29, 1.82) is 5.41 Å². The fraction of sp³-hybridized carbons (Fsp3) is 0.417. The largest absolute Gasteiger partial charge is 0.384 e. The Kier molecular flexibility index (Phi) is 4.19. The average Bonchev–Trinajstić information content (AvgIpc) is 2.26. The van der Waals surface area contributed by atoms with E-state index in [0.29, 0.717) is 16.6 Å². The molecule has 0 aliphatic rings. The number of hydrogen-bond acceptors (Lipinski definition) is 2. The molecule has 0 saturated heterocycles. The van der Waals surface area contributed by atoms with Crippen LogP contribution in [0.3, 0.4) is 0 Å². The number of halogens is 1. The zero-order valence-corrected chi connectivity index (χ0v) is 10.7. The van der Waals surface area contributed by atoms with E-state index in [2.05, 4.69) is 18.7 Å². The molecule has 3 nitrogen and oxygen atoms in total. The van der Waals surface area contributed by atoms with Crippen LogP contribution in [0.25, 0.3) is 0 Å². The molecule has 3 N–H and O–H groups in total. The van der Waals surface area contributed by atoms with Crippen molar-refractivity contribution in [3.63, 3.8) is 0 Å². The number of anilines is 1. The Morgan fingerprint density at radius 1 is 1.56 bits per heavy atom. The zero-order valence-electron chi connectivity index (χ0n) is 9.92. The van der Waals surface area contributed by atoms with Crippen LogP contribution in [0, 0.1) is 5.41 Å². The highest BCUT2D eigenvalue weighted by Gasteiger charge is 2.14. The highest BCUT2D eigenvalue weighted by Crippen LogP contribution is 2.25. The van der Waals surface area contributed by atoms with Crippen LogP contribution < -0.4 is 10.6 Å². The molecule has 0 fully saturated rings. The second kappa shape index (κ2) is 5.21. The summed E-state index contributed by atoms with van der Waals surface area (Å²) in [4.78, 5) is 2.12. The van der Waals surface area contributed by atoms with Gasteiger partial charge in [0.25, 0.3) is 0 Å². The highest BCUT2D eigenvalue weighted by molar-refractivity contribution is 6.31. The number of amidine groups is 1. The van der Waals surface area contributed by atoms with E-state index in [1.165, 1.54) is 0 Å². The van der Waals surface area contributed by atoms with E-state index in [-0.39, 0.29) is 5.84 Å². The van der Waals surface area contributed by atoms with Crippen LogP contribution in [-0.4, -0.2) is 18.9 Å². The van der Waals surface area contributed by atoms with Crippen LogP contribution in [0.2, 0.25) is 5.02 Å². The normalized spacial score (nSPS) is 12.2. The smallest absolute Gasteiger partial charge is 0.124 e. The Morgan fingerprint density at radius 2 is 2.19 bits per heavy atom. The van der Waals surface area contributed by atoms with Gasteiger partial charge in [0.15, 0.2) is 0 Å². The first-order chi connectivity index (χ1) is 7.47. The van der Waals surface area contributed by atoms with Crippen LogP contribution in [-0.2, 0) is 0 Å². The second-order valence-corrected chi connectivity index (χ2v) is 4.38. The van der Waals surface area contributed by atoms with Gasteiger partial charge < -0.3 is 10.6 Å². The van der Waals surface area contributed by atoms with E-state index in [9.17, 15) is 0 Å². The van der Waals surface area contributed by atoms with Crippen molar-refractivity contribution in [2.45, 2.75) is 26.3 Å². The van der Waals surface area contributed by atoms with E-state index < -0.39 is 0 Å². The van der Waals surface area contributed by atoms with Gasteiger partial charge in [-0.15, -0.1) is 0 Å². The molecule has 0 spiro atoms. The maximum Gasteiger partial charge on any atom is 0.124 e. The summed E-state index contributed by atoms with van der Waals surface area (Å²) in [6.07, 6.45) is 1.04. The molecule has 0 aliphatic carbocycles. The molecular formula is C12H18ClN3. The lowest BCUT2D eigenvalue weighted by Gasteiger charge is -2.28. The van der Waals surface area contributed by atoms with E-state index in [4.69, 9.17) is 22.7 Å². The second-order valence-electron chi connectivity index (χ2n) is 3.94. The van der Waals surface area contributed by atoms with Crippen LogP contribution in [0.15, 0.2) is 18.2 Å². The summed E-state index contributed by atoms with van der Waals surface area (Å²) in [6, 6.07) is 5.87. The summed E-state index contributed by atoms with van der Waals surface area (Å²) < 4.78 is 0. The van der Waals surface area contributed by atoms with Gasteiger partial charge in [0.2, 0.25) is 0 Å². The third-order valence-electron chi connectivity index (χ3n) is 2.88. The summed E-state index contributed by atoms with van der Waals surface area (Å²) in [5, 5.41) is 8.16. The molecule has 0 radical (unpaired) electrons. The molecule has 0 amide bonds. The minimum absolute atomic E-state index is 0.0488. The van der Waals surface area contributed by atoms with E-state index >= 15 is 0 Å². The molecular weight excluding hydrogens is 222 g/mol. The SMILES string of the molecule is CCC(C)N(C)c1ccc(Cl)cc1C(=N)N. The van der Waals surface area contributed by atoms with Gasteiger partial charge in [-0.25, -0.2) is 0 Å². The van der Waals surface area contributed by atoms with E-state index in [1.807, 2.05) is 19.2 Å².